The molecule has 0 aliphatic rings. The number of methoxy groups -OCH3 is 1. The molecule has 7 heteroatoms. The Morgan fingerprint density at radius 2 is 1.62 bits per heavy atom. The van der Waals surface area contributed by atoms with Gasteiger partial charge in [0.2, 0.25) is 5.91 Å². The number of rotatable bonds is 8. The van der Waals surface area contributed by atoms with Crippen molar-refractivity contribution >= 4 is 23.5 Å². The predicted octanol–water partition coefficient (Wildman–Crippen LogP) is 2.17. The zero-order chi connectivity index (χ0) is 18.8. The molecular formula is C19H19NO6. The second kappa shape index (κ2) is 9.95. The van der Waals surface area contributed by atoms with E-state index in [4.69, 9.17) is 9.47 Å². The average molecular weight is 357 g/mol. The molecule has 0 radical (unpaired) electrons. The molecule has 0 saturated heterocycles. The Morgan fingerprint density at radius 1 is 0.923 bits per heavy atom. The summed E-state index contributed by atoms with van der Waals surface area (Å²) in [6, 6.07) is 15.6. The predicted molar refractivity (Wildman–Crippen MR) is 93.5 cm³/mol. The maximum Gasteiger partial charge on any atom is 0.344 e. The molecule has 0 saturated carbocycles. The third-order valence-corrected chi connectivity index (χ3v) is 3.30. The van der Waals surface area contributed by atoms with Gasteiger partial charge in [0.15, 0.2) is 6.61 Å². The zero-order valence-electron chi connectivity index (χ0n) is 14.3. The molecule has 7 nitrogen and oxygen atoms in total. The van der Waals surface area contributed by atoms with Crippen LogP contribution in [0.4, 0.5) is 5.69 Å². The topological polar surface area (TPSA) is 90.9 Å². The molecule has 0 aromatic heterocycles. The van der Waals surface area contributed by atoms with Crippen LogP contribution in [0.2, 0.25) is 0 Å². The standard InChI is InChI=1S/C19H19NO6/c1-24-18(22)13-26-19(23)15-7-9-16(10-8-15)20-17(21)12-25-11-14-5-3-2-4-6-14/h2-10H,11-13H2,1H3,(H,20,21). The van der Waals surface area contributed by atoms with Crippen LogP contribution in [0.15, 0.2) is 54.6 Å². The van der Waals surface area contributed by atoms with Crippen molar-refractivity contribution in [2.45, 2.75) is 6.61 Å². The number of hydrogen-bond acceptors (Lipinski definition) is 6. The van der Waals surface area contributed by atoms with E-state index in [1.165, 1.54) is 19.2 Å². The molecule has 1 N–H and O–H groups in total. The van der Waals surface area contributed by atoms with Crippen molar-refractivity contribution in [3.63, 3.8) is 0 Å². The average Bonchev–Trinajstić information content (AvgIpc) is 2.67. The van der Waals surface area contributed by atoms with Gasteiger partial charge in [-0.3, -0.25) is 4.79 Å². The SMILES string of the molecule is COC(=O)COC(=O)c1ccc(NC(=O)COCc2ccccc2)cc1. The van der Waals surface area contributed by atoms with E-state index in [0.717, 1.165) is 5.56 Å². The zero-order valence-corrected chi connectivity index (χ0v) is 14.3. The van der Waals surface area contributed by atoms with E-state index in [0.29, 0.717) is 12.3 Å². The summed E-state index contributed by atoms with van der Waals surface area (Å²) in [4.78, 5) is 34.5. The molecule has 2 aromatic carbocycles. The Bertz CT molecular complexity index is 742. The fourth-order valence-corrected chi connectivity index (χ4v) is 1.99. The van der Waals surface area contributed by atoms with Crippen LogP contribution < -0.4 is 5.32 Å². The number of carbonyl (C=O) groups excluding carboxylic acids is 3. The molecule has 0 aliphatic carbocycles. The summed E-state index contributed by atoms with van der Waals surface area (Å²) < 4.78 is 14.5. The molecule has 0 spiro atoms. The van der Waals surface area contributed by atoms with Crippen molar-refractivity contribution in [3.8, 4) is 0 Å². The normalized spacial score (nSPS) is 10.0. The molecule has 0 heterocycles. The van der Waals surface area contributed by atoms with Gasteiger partial charge in [-0.15, -0.1) is 0 Å². The second-order valence-electron chi connectivity index (χ2n) is 5.26. The van der Waals surface area contributed by atoms with E-state index in [2.05, 4.69) is 10.1 Å². The highest BCUT2D eigenvalue weighted by Gasteiger charge is 2.10. The van der Waals surface area contributed by atoms with Crippen LogP contribution in [0.1, 0.15) is 15.9 Å². The summed E-state index contributed by atoms with van der Waals surface area (Å²) in [5.41, 5.74) is 1.75. The number of esters is 2. The Hall–Kier alpha value is -3.19. The van der Waals surface area contributed by atoms with Gasteiger partial charge >= 0.3 is 11.9 Å². The van der Waals surface area contributed by atoms with Gasteiger partial charge in [0.1, 0.15) is 6.61 Å². The fraction of sp³-hybridized carbons (Fsp3) is 0.211. The first kappa shape index (κ1) is 19.1. The Labute approximate surface area is 150 Å². The lowest BCUT2D eigenvalue weighted by Gasteiger charge is -2.08. The molecule has 0 aliphatic heterocycles. The molecule has 0 unspecified atom stereocenters. The van der Waals surface area contributed by atoms with Crippen LogP contribution in [0, 0.1) is 0 Å². The lowest BCUT2D eigenvalue weighted by Crippen LogP contribution is -2.18. The summed E-state index contributed by atoms with van der Waals surface area (Å²) in [5, 5.41) is 2.66. The minimum Gasteiger partial charge on any atom is -0.466 e. The number of ether oxygens (including phenoxy) is 3. The van der Waals surface area contributed by atoms with Crippen molar-refractivity contribution < 1.29 is 28.6 Å². The minimum atomic E-state index is -0.653. The first-order valence-electron chi connectivity index (χ1n) is 7.84. The molecule has 26 heavy (non-hydrogen) atoms. The first-order chi connectivity index (χ1) is 12.6. The fourth-order valence-electron chi connectivity index (χ4n) is 1.99. The number of nitrogens with one attached hydrogen (secondary N) is 1. The van der Waals surface area contributed by atoms with Gasteiger partial charge in [-0.05, 0) is 29.8 Å². The molecule has 1 amide bonds. The van der Waals surface area contributed by atoms with Gasteiger partial charge in [0, 0.05) is 5.69 Å². The van der Waals surface area contributed by atoms with E-state index in [1.807, 2.05) is 30.3 Å². The van der Waals surface area contributed by atoms with Gasteiger partial charge in [-0.25, -0.2) is 9.59 Å². The highest BCUT2D eigenvalue weighted by molar-refractivity contribution is 5.94. The first-order valence-corrected chi connectivity index (χ1v) is 7.84. The number of hydrogen-bond donors (Lipinski definition) is 1. The summed E-state index contributed by atoms with van der Waals surface area (Å²) >= 11 is 0. The maximum atomic E-state index is 11.9. The van der Waals surface area contributed by atoms with Crippen molar-refractivity contribution in [1.29, 1.82) is 0 Å². The third kappa shape index (κ3) is 6.37. The molecule has 0 bridgehead atoms. The van der Waals surface area contributed by atoms with E-state index < -0.39 is 18.5 Å². The van der Waals surface area contributed by atoms with Gasteiger partial charge in [0.25, 0.3) is 0 Å². The number of benzene rings is 2. The number of amides is 1. The largest absolute Gasteiger partial charge is 0.466 e. The van der Waals surface area contributed by atoms with E-state index in [-0.39, 0.29) is 18.1 Å². The van der Waals surface area contributed by atoms with Crippen LogP contribution in [0.5, 0.6) is 0 Å². The van der Waals surface area contributed by atoms with Crippen molar-refractivity contribution in [1.82, 2.24) is 0 Å². The summed E-state index contributed by atoms with van der Waals surface area (Å²) in [6.45, 7) is -0.191. The van der Waals surface area contributed by atoms with E-state index in [9.17, 15) is 14.4 Å². The number of carbonyl (C=O) groups is 3. The summed E-state index contributed by atoms with van der Waals surface area (Å²) in [6.07, 6.45) is 0. The van der Waals surface area contributed by atoms with Crippen LogP contribution in [-0.2, 0) is 30.4 Å². The van der Waals surface area contributed by atoms with Crippen LogP contribution in [0.25, 0.3) is 0 Å². The van der Waals surface area contributed by atoms with Crippen molar-refractivity contribution in [2.24, 2.45) is 0 Å². The summed E-state index contributed by atoms with van der Waals surface area (Å²) in [5.74, 6) is -1.60. The lowest BCUT2D eigenvalue weighted by atomic mass is 10.2. The Balaban J connectivity index is 1.76. The van der Waals surface area contributed by atoms with Crippen LogP contribution >= 0.6 is 0 Å². The minimum absolute atomic E-state index is 0.0855. The molecule has 2 rings (SSSR count). The summed E-state index contributed by atoms with van der Waals surface area (Å²) in [7, 11) is 1.21. The maximum absolute atomic E-state index is 11.9. The van der Waals surface area contributed by atoms with Gasteiger partial charge in [-0.2, -0.15) is 0 Å². The van der Waals surface area contributed by atoms with Crippen LogP contribution in [0.3, 0.4) is 0 Å². The van der Waals surface area contributed by atoms with Gasteiger partial charge in [-0.1, -0.05) is 30.3 Å². The van der Waals surface area contributed by atoms with E-state index >= 15 is 0 Å². The molecular weight excluding hydrogens is 338 g/mol. The monoisotopic (exact) mass is 357 g/mol. The van der Waals surface area contributed by atoms with Gasteiger partial charge < -0.3 is 19.5 Å². The molecule has 136 valence electrons. The number of anilines is 1. The van der Waals surface area contributed by atoms with Crippen molar-refractivity contribution in [3.05, 3.63) is 65.7 Å². The highest BCUT2D eigenvalue weighted by atomic mass is 16.6. The highest BCUT2D eigenvalue weighted by Crippen LogP contribution is 2.11. The molecule has 0 fully saturated rings. The molecule has 0 atom stereocenters. The smallest absolute Gasteiger partial charge is 0.344 e. The molecule has 2 aromatic rings. The van der Waals surface area contributed by atoms with E-state index in [1.54, 1.807) is 12.1 Å². The lowest BCUT2D eigenvalue weighted by molar-refractivity contribution is -0.144. The quantitative estimate of drug-likeness (QED) is 0.728. The van der Waals surface area contributed by atoms with Crippen molar-refractivity contribution in [2.75, 3.05) is 25.6 Å². The second-order valence-corrected chi connectivity index (χ2v) is 5.26. The van der Waals surface area contributed by atoms with Gasteiger partial charge in [0.05, 0.1) is 19.3 Å². The third-order valence-electron chi connectivity index (χ3n) is 3.30. The Morgan fingerprint density at radius 3 is 2.27 bits per heavy atom. The van der Waals surface area contributed by atoms with Crippen LogP contribution in [-0.4, -0.2) is 38.2 Å². The Kier molecular flexibility index (Phi) is 7.32.